The molecule has 0 saturated heterocycles. The van der Waals surface area contributed by atoms with E-state index >= 15 is 0 Å². The zero-order valence-electron chi connectivity index (χ0n) is 9.40. The normalized spacial score (nSPS) is 10.7. The van der Waals surface area contributed by atoms with E-state index < -0.39 is 5.97 Å². The third-order valence-electron chi connectivity index (χ3n) is 2.58. The lowest BCUT2D eigenvalue weighted by Gasteiger charge is -2.06. The van der Waals surface area contributed by atoms with Gasteiger partial charge >= 0.3 is 5.97 Å². The number of nitrogens with zero attached hydrogens (tertiary/aromatic N) is 1. The second kappa shape index (κ2) is 4.49. The SMILES string of the molecule is Cc1ccc2cc(F)cc(CCC(=O)O)c2n1. The molecule has 0 aliphatic carbocycles. The van der Waals surface area contributed by atoms with Crippen molar-refractivity contribution in [2.75, 3.05) is 0 Å². The lowest BCUT2D eigenvalue weighted by molar-refractivity contribution is -0.136. The Labute approximate surface area is 97.9 Å². The first-order valence-corrected chi connectivity index (χ1v) is 5.34. The van der Waals surface area contributed by atoms with Gasteiger partial charge in [-0.05, 0) is 37.1 Å². The highest BCUT2D eigenvalue weighted by atomic mass is 19.1. The Morgan fingerprint density at radius 3 is 2.88 bits per heavy atom. The number of benzene rings is 1. The number of aryl methyl sites for hydroxylation is 2. The maximum absolute atomic E-state index is 13.3. The molecule has 0 radical (unpaired) electrons. The van der Waals surface area contributed by atoms with Gasteiger partial charge in [0.05, 0.1) is 5.52 Å². The van der Waals surface area contributed by atoms with E-state index in [2.05, 4.69) is 4.98 Å². The van der Waals surface area contributed by atoms with Gasteiger partial charge in [0.25, 0.3) is 0 Å². The highest BCUT2D eigenvalue weighted by Gasteiger charge is 2.08. The Balaban J connectivity index is 2.51. The smallest absolute Gasteiger partial charge is 0.303 e. The molecule has 3 nitrogen and oxygen atoms in total. The average Bonchev–Trinajstić information content (AvgIpc) is 2.26. The van der Waals surface area contributed by atoms with E-state index in [0.29, 0.717) is 22.9 Å². The number of carboxylic acid groups (broad SMARTS) is 1. The molecule has 1 N–H and O–H groups in total. The Bertz CT molecular complexity index is 581. The third-order valence-corrected chi connectivity index (χ3v) is 2.58. The minimum Gasteiger partial charge on any atom is -0.481 e. The molecule has 0 aliphatic rings. The van der Waals surface area contributed by atoms with Gasteiger partial charge in [0.15, 0.2) is 0 Å². The fourth-order valence-electron chi connectivity index (χ4n) is 1.80. The van der Waals surface area contributed by atoms with Crippen LogP contribution in [0.2, 0.25) is 0 Å². The molecule has 1 aromatic carbocycles. The number of rotatable bonds is 3. The Hall–Kier alpha value is -1.97. The van der Waals surface area contributed by atoms with Gasteiger partial charge in [-0.25, -0.2) is 4.39 Å². The van der Waals surface area contributed by atoms with Crippen LogP contribution in [0.5, 0.6) is 0 Å². The monoisotopic (exact) mass is 233 g/mol. The van der Waals surface area contributed by atoms with Crippen LogP contribution in [0.4, 0.5) is 4.39 Å². The van der Waals surface area contributed by atoms with Crippen molar-refractivity contribution in [3.63, 3.8) is 0 Å². The van der Waals surface area contributed by atoms with Crippen molar-refractivity contribution in [2.24, 2.45) is 0 Å². The first-order chi connectivity index (χ1) is 8.06. The summed E-state index contributed by atoms with van der Waals surface area (Å²) in [4.78, 5) is 14.9. The average molecular weight is 233 g/mol. The molecule has 0 unspecified atom stereocenters. The second-order valence-electron chi connectivity index (χ2n) is 3.98. The number of carbonyl (C=O) groups is 1. The van der Waals surface area contributed by atoms with Crippen molar-refractivity contribution < 1.29 is 14.3 Å². The highest BCUT2D eigenvalue weighted by Crippen LogP contribution is 2.20. The Kier molecular flexibility index (Phi) is 3.04. The molecule has 88 valence electrons. The summed E-state index contributed by atoms with van der Waals surface area (Å²) in [6, 6.07) is 6.37. The van der Waals surface area contributed by atoms with E-state index in [1.54, 1.807) is 6.07 Å². The summed E-state index contributed by atoms with van der Waals surface area (Å²) in [6.45, 7) is 1.85. The molecule has 0 bridgehead atoms. The molecule has 4 heteroatoms. The van der Waals surface area contributed by atoms with Crippen molar-refractivity contribution in [2.45, 2.75) is 19.8 Å². The fraction of sp³-hybridized carbons (Fsp3) is 0.231. The molecule has 2 rings (SSSR count). The zero-order valence-corrected chi connectivity index (χ0v) is 9.40. The Morgan fingerprint density at radius 2 is 2.18 bits per heavy atom. The molecule has 0 atom stereocenters. The fourth-order valence-corrected chi connectivity index (χ4v) is 1.80. The molecule has 2 aromatic rings. The number of carboxylic acids is 1. The van der Waals surface area contributed by atoms with Gasteiger partial charge in [-0.1, -0.05) is 6.07 Å². The predicted molar refractivity (Wildman–Crippen MR) is 62.4 cm³/mol. The first kappa shape index (κ1) is 11.5. The summed E-state index contributed by atoms with van der Waals surface area (Å²) in [5.74, 6) is -1.25. The van der Waals surface area contributed by atoms with Crippen molar-refractivity contribution >= 4 is 16.9 Å². The highest BCUT2D eigenvalue weighted by molar-refractivity contribution is 5.82. The van der Waals surface area contributed by atoms with Crippen LogP contribution in [0.1, 0.15) is 17.7 Å². The lowest BCUT2D eigenvalue weighted by Crippen LogP contribution is -2.00. The van der Waals surface area contributed by atoms with E-state index in [1.807, 2.05) is 13.0 Å². The first-order valence-electron chi connectivity index (χ1n) is 5.34. The minimum atomic E-state index is -0.893. The van der Waals surface area contributed by atoms with Crippen LogP contribution in [0.25, 0.3) is 10.9 Å². The van der Waals surface area contributed by atoms with Gasteiger partial charge in [-0.3, -0.25) is 9.78 Å². The van der Waals surface area contributed by atoms with E-state index in [1.165, 1.54) is 12.1 Å². The summed E-state index contributed by atoms with van der Waals surface area (Å²) < 4.78 is 13.3. The number of halogens is 1. The van der Waals surface area contributed by atoms with Gasteiger partial charge < -0.3 is 5.11 Å². The number of pyridine rings is 1. The number of hydrogen-bond acceptors (Lipinski definition) is 2. The van der Waals surface area contributed by atoms with Crippen molar-refractivity contribution in [3.05, 3.63) is 41.3 Å². The molecule has 0 aliphatic heterocycles. The third kappa shape index (κ3) is 2.58. The van der Waals surface area contributed by atoms with Crippen LogP contribution in [-0.4, -0.2) is 16.1 Å². The minimum absolute atomic E-state index is 0.0197. The number of aliphatic carboxylic acids is 1. The van der Waals surface area contributed by atoms with Crippen LogP contribution in [-0.2, 0) is 11.2 Å². The van der Waals surface area contributed by atoms with Gasteiger partial charge in [-0.15, -0.1) is 0 Å². The second-order valence-corrected chi connectivity index (χ2v) is 3.98. The predicted octanol–water partition coefficient (Wildman–Crippen LogP) is 2.70. The summed E-state index contributed by atoms with van der Waals surface area (Å²) in [6.07, 6.45) is 0.272. The summed E-state index contributed by atoms with van der Waals surface area (Å²) >= 11 is 0. The summed E-state index contributed by atoms with van der Waals surface area (Å²) in [5.41, 5.74) is 2.17. The van der Waals surface area contributed by atoms with Gasteiger partial charge in [0, 0.05) is 17.5 Å². The van der Waals surface area contributed by atoms with Crippen LogP contribution in [0.3, 0.4) is 0 Å². The van der Waals surface area contributed by atoms with Crippen LogP contribution < -0.4 is 0 Å². The molecule has 17 heavy (non-hydrogen) atoms. The molecular weight excluding hydrogens is 221 g/mol. The van der Waals surface area contributed by atoms with Crippen LogP contribution in [0.15, 0.2) is 24.3 Å². The summed E-state index contributed by atoms with van der Waals surface area (Å²) in [7, 11) is 0. The zero-order chi connectivity index (χ0) is 12.4. The van der Waals surface area contributed by atoms with Crippen LogP contribution >= 0.6 is 0 Å². The molecule has 1 aromatic heterocycles. The summed E-state index contributed by atoms with van der Waals surface area (Å²) in [5, 5.41) is 9.36. The van der Waals surface area contributed by atoms with E-state index in [0.717, 1.165) is 5.69 Å². The maximum atomic E-state index is 13.3. The Morgan fingerprint density at radius 1 is 1.41 bits per heavy atom. The quantitative estimate of drug-likeness (QED) is 0.886. The van der Waals surface area contributed by atoms with Gasteiger partial charge in [0.1, 0.15) is 5.82 Å². The topological polar surface area (TPSA) is 50.2 Å². The molecule has 1 heterocycles. The van der Waals surface area contributed by atoms with Crippen LogP contribution in [0, 0.1) is 12.7 Å². The van der Waals surface area contributed by atoms with Gasteiger partial charge in [-0.2, -0.15) is 0 Å². The van der Waals surface area contributed by atoms with Crippen molar-refractivity contribution in [1.82, 2.24) is 4.98 Å². The number of aromatic nitrogens is 1. The largest absolute Gasteiger partial charge is 0.481 e. The van der Waals surface area contributed by atoms with Crippen molar-refractivity contribution in [3.8, 4) is 0 Å². The molecule has 0 saturated carbocycles. The molecule has 0 amide bonds. The van der Waals surface area contributed by atoms with E-state index in [-0.39, 0.29) is 12.2 Å². The molecule has 0 spiro atoms. The standard InChI is InChI=1S/C13H12FNO2/c1-8-2-3-9-6-11(14)7-10(13(9)15-8)4-5-12(16)17/h2-3,6-7H,4-5H2,1H3,(H,16,17). The van der Waals surface area contributed by atoms with Crippen molar-refractivity contribution in [1.29, 1.82) is 0 Å². The van der Waals surface area contributed by atoms with E-state index in [9.17, 15) is 9.18 Å². The molecular formula is C13H12FNO2. The number of fused-ring (bicyclic) bond motifs is 1. The lowest BCUT2D eigenvalue weighted by atomic mass is 10.0. The van der Waals surface area contributed by atoms with E-state index in [4.69, 9.17) is 5.11 Å². The number of hydrogen-bond donors (Lipinski definition) is 1. The van der Waals surface area contributed by atoms with Gasteiger partial charge in [0.2, 0.25) is 0 Å². The molecule has 0 fully saturated rings. The maximum Gasteiger partial charge on any atom is 0.303 e.